The van der Waals surface area contributed by atoms with Crippen LogP contribution in [0.1, 0.15) is 17.4 Å². The van der Waals surface area contributed by atoms with Crippen LogP contribution in [0.15, 0.2) is 42.0 Å². The summed E-state index contributed by atoms with van der Waals surface area (Å²) >= 11 is 0. The lowest BCUT2D eigenvalue weighted by Gasteiger charge is -2.16. The van der Waals surface area contributed by atoms with Crippen LogP contribution in [-0.2, 0) is 10.9 Å². The first-order chi connectivity index (χ1) is 14.8. The molecular formula is C18H17F3N6O4. The normalized spacial score (nSPS) is 24.3. The molecule has 3 aromatic rings. The van der Waals surface area contributed by atoms with Crippen LogP contribution < -0.4 is 5.43 Å². The molecule has 0 radical (unpaired) electrons. The van der Waals surface area contributed by atoms with E-state index in [1.807, 2.05) is 0 Å². The topological polar surface area (TPSA) is 138 Å². The molecule has 1 saturated heterocycles. The number of rotatable bonds is 5. The molecule has 4 N–H and O–H groups in total. The number of aromatic nitrogens is 4. The maximum atomic E-state index is 12.6. The smallest absolute Gasteiger partial charge is 0.394 e. The molecule has 0 amide bonds. The second-order valence-electron chi connectivity index (χ2n) is 6.76. The van der Waals surface area contributed by atoms with Crippen molar-refractivity contribution in [3.8, 4) is 0 Å². The molecule has 0 saturated carbocycles. The van der Waals surface area contributed by atoms with Crippen LogP contribution in [0.2, 0.25) is 0 Å². The molecule has 1 aromatic carbocycles. The minimum absolute atomic E-state index is 0.207. The highest BCUT2D eigenvalue weighted by atomic mass is 19.4. The zero-order chi connectivity index (χ0) is 22.2. The summed E-state index contributed by atoms with van der Waals surface area (Å²) in [6.07, 6.45) is -5.10. The van der Waals surface area contributed by atoms with E-state index < -0.39 is 42.9 Å². The molecule has 4 atom stereocenters. The van der Waals surface area contributed by atoms with Crippen molar-refractivity contribution in [1.82, 2.24) is 19.5 Å². The van der Waals surface area contributed by atoms with Gasteiger partial charge < -0.3 is 20.1 Å². The van der Waals surface area contributed by atoms with Crippen LogP contribution in [0.3, 0.4) is 0 Å². The number of aliphatic hydroxyl groups is 3. The second-order valence-corrected chi connectivity index (χ2v) is 6.76. The number of hydrazone groups is 1. The Morgan fingerprint density at radius 3 is 2.52 bits per heavy atom. The molecule has 1 fully saturated rings. The summed E-state index contributed by atoms with van der Waals surface area (Å²) in [6, 6.07) is 4.46. The van der Waals surface area contributed by atoms with Gasteiger partial charge in [-0.1, -0.05) is 12.1 Å². The highest BCUT2D eigenvalue weighted by Gasteiger charge is 2.44. The molecule has 0 unspecified atom stereocenters. The number of alkyl halides is 3. The van der Waals surface area contributed by atoms with E-state index in [9.17, 15) is 28.5 Å². The third-order valence-corrected chi connectivity index (χ3v) is 4.77. The minimum Gasteiger partial charge on any atom is -0.394 e. The first-order valence-corrected chi connectivity index (χ1v) is 9.06. The van der Waals surface area contributed by atoms with Crippen molar-refractivity contribution in [3.63, 3.8) is 0 Å². The zero-order valence-electron chi connectivity index (χ0n) is 15.7. The molecule has 10 nitrogen and oxygen atoms in total. The highest BCUT2D eigenvalue weighted by molar-refractivity contribution is 5.84. The van der Waals surface area contributed by atoms with Gasteiger partial charge in [-0.2, -0.15) is 18.3 Å². The largest absolute Gasteiger partial charge is 0.416 e. The van der Waals surface area contributed by atoms with Gasteiger partial charge in [-0.3, -0.25) is 9.99 Å². The lowest BCUT2D eigenvalue weighted by Crippen LogP contribution is -2.33. The van der Waals surface area contributed by atoms with Gasteiger partial charge in [0, 0.05) is 0 Å². The van der Waals surface area contributed by atoms with E-state index in [-0.39, 0.29) is 17.0 Å². The van der Waals surface area contributed by atoms with Crippen molar-refractivity contribution >= 4 is 23.2 Å². The fraction of sp³-hybridized carbons (Fsp3) is 0.333. The highest BCUT2D eigenvalue weighted by Crippen LogP contribution is 2.32. The molecule has 164 valence electrons. The lowest BCUT2D eigenvalue weighted by molar-refractivity contribution is -0.137. The number of ether oxygens (including phenoxy) is 1. The maximum Gasteiger partial charge on any atom is 0.416 e. The van der Waals surface area contributed by atoms with E-state index in [1.165, 1.54) is 35.6 Å². The summed E-state index contributed by atoms with van der Waals surface area (Å²) in [5.74, 6) is 0.207. The van der Waals surface area contributed by atoms with Crippen molar-refractivity contribution in [2.45, 2.75) is 30.7 Å². The van der Waals surface area contributed by atoms with Crippen molar-refractivity contribution in [2.75, 3.05) is 12.0 Å². The fourth-order valence-electron chi connectivity index (χ4n) is 3.16. The molecule has 31 heavy (non-hydrogen) atoms. The summed E-state index contributed by atoms with van der Waals surface area (Å²) < 4.78 is 44.7. The van der Waals surface area contributed by atoms with E-state index in [4.69, 9.17) is 4.74 Å². The molecule has 3 heterocycles. The SMILES string of the molecule is OC[C@H]1O[C@@H](n2cnc3c(N/N=C/c4ccc(C(F)(F)F)cc4)ncnc32)[C@H](O)[C@@H]1O. The Morgan fingerprint density at radius 2 is 1.87 bits per heavy atom. The van der Waals surface area contributed by atoms with E-state index >= 15 is 0 Å². The summed E-state index contributed by atoms with van der Waals surface area (Å²) in [7, 11) is 0. The molecule has 1 aliphatic heterocycles. The number of hydrogen-bond donors (Lipinski definition) is 4. The third-order valence-electron chi connectivity index (χ3n) is 4.77. The monoisotopic (exact) mass is 438 g/mol. The maximum absolute atomic E-state index is 12.6. The number of hydrogen-bond acceptors (Lipinski definition) is 9. The number of nitrogens with one attached hydrogen (secondary N) is 1. The quantitative estimate of drug-likeness (QED) is 0.341. The first-order valence-electron chi connectivity index (χ1n) is 9.06. The van der Waals surface area contributed by atoms with Crippen molar-refractivity contribution in [2.24, 2.45) is 5.10 Å². The van der Waals surface area contributed by atoms with Crippen molar-refractivity contribution in [1.29, 1.82) is 0 Å². The number of halogens is 3. The van der Waals surface area contributed by atoms with Gasteiger partial charge in [0.05, 0.1) is 24.7 Å². The molecule has 0 aliphatic carbocycles. The van der Waals surface area contributed by atoms with Gasteiger partial charge in [0.2, 0.25) is 0 Å². The van der Waals surface area contributed by atoms with Gasteiger partial charge >= 0.3 is 6.18 Å². The van der Waals surface area contributed by atoms with Gasteiger partial charge in [0.15, 0.2) is 23.2 Å². The minimum atomic E-state index is -4.41. The van der Waals surface area contributed by atoms with Crippen molar-refractivity contribution < 1.29 is 33.2 Å². The summed E-state index contributed by atoms with van der Waals surface area (Å²) in [6.45, 7) is -0.470. The van der Waals surface area contributed by atoms with E-state index in [0.29, 0.717) is 5.56 Å². The van der Waals surface area contributed by atoms with Gasteiger partial charge in [-0.05, 0) is 17.7 Å². The zero-order valence-corrected chi connectivity index (χ0v) is 15.7. The van der Waals surface area contributed by atoms with Crippen LogP contribution in [-0.4, -0.2) is 66.0 Å². The average Bonchev–Trinajstić information content (AvgIpc) is 3.29. The Labute approximate surface area is 172 Å². The van der Waals surface area contributed by atoms with Gasteiger partial charge in [0.25, 0.3) is 0 Å². The van der Waals surface area contributed by atoms with Crippen molar-refractivity contribution in [3.05, 3.63) is 48.0 Å². The Balaban J connectivity index is 1.53. The number of imidazole rings is 1. The summed E-state index contributed by atoms with van der Waals surface area (Å²) in [4.78, 5) is 12.3. The Bertz CT molecular complexity index is 1090. The molecule has 2 aromatic heterocycles. The van der Waals surface area contributed by atoms with E-state index in [2.05, 4.69) is 25.5 Å². The third kappa shape index (κ3) is 4.07. The molecule has 1 aliphatic rings. The van der Waals surface area contributed by atoms with Crippen LogP contribution in [0.5, 0.6) is 0 Å². The number of nitrogens with zero attached hydrogens (tertiary/aromatic N) is 5. The fourth-order valence-corrected chi connectivity index (χ4v) is 3.16. The molecule has 0 spiro atoms. The number of benzene rings is 1. The summed E-state index contributed by atoms with van der Waals surface area (Å²) in [5, 5.41) is 33.4. The molecule has 13 heteroatoms. The van der Waals surface area contributed by atoms with Gasteiger partial charge in [-0.15, -0.1) is 0 Å². The van der Waals surface area contributed by atoms with Crippen LogP contribution in [0.25, 0.3) is 11.2 Å². The average molecular weight is 438 g/mol. The Morgan fingerprint density at radius 1 is 1.13 bits per heavy atom. The van der Waals surface area contributed by atoms with Gasteiger partial charge in [-0.25, -0.2) is 15.0 Å². The first kappa shape index (κ1) is 21.1. The molecule has 4 rings (SSSR count). The number of fused-ring (bicyclic) bond motifs is 1. The molecular weight excluding hydrogens is 421 g/mol. The Kier molecular flexibility index (Phi) is 5.58. The number of aliphatic hydroxyl groups excluding tert-OH is 3. The van der Waals surface area contributed by atoms with E-state index in [0.717, 1.165) is 12.1 Å². The van der Waals surface area contributed by atoms with Gasteiger partial charge in [0.1, 0.15) is 24.6 Å². The molecule has 0 bridgehead atoms. The van der Waals surface area contributed by atoms with Crippen LogP contribution in [0, 0.1) is 0 Å². The van der Waals surface area contributed by atoms with E-state index in [1.54, 1.807) is 0 Å². The number of anilines is 1. The second kappa shape index (κ2) is 8.19. The van der Waals surface area contributed by atoms with Crippen LogP contribution in [0.4, 0.5) is 19.0 Å². The van der Waals surface area contributed by atoms with Crippen LogP contribution >= 0.6 is 0 Å². The standard InChI is InChI=1S/C18H17F3N6O4/c19-18(20,21)10-3-1-9(2-4-10)5-25-26-15-12-16(23-7-22-15)27(8-24-12)17-14(30)13(29)11(6-28)31-17/h1-5,7-8,11,13-14,17,28-30H,6H2,(H,22,23,26)/b25-5+/t11-,13-,14-,17-/m1/s1. The summed E-state index contributed by atoms with van der Waals surface area (Å²) in [5.41, 5.74) is 2.88. The Hall–Kier alpha value is -3.13. The predicted molar refractivity (Wildman–Crippen MR) is 101 cm³/mol. The predicted octanol–water partition coefficient (Wildman–Crippen LogP) is 0.903. The lowest BCUT2D eigenvalue weighted by atomic mass is 10.1.